The van der Waals surface area contributed by atoms with Crippen LogP contribution in [0.1, 0.15) is 13.8 Å². The van der Waals surface area contributed by atoms with E-state index in [9.17, 15) is 14.4 Å². The van der Waals surface area contributed by atoms with Crippen LogP contribution in [0.5, 0.6) is 0 Å². The van der Waals surface area contributed by atoms with E-state index < -0.39 is 17.4 Å². The van der Waals surface area contributed by atoms with Crippen molar-refractivity contribution in [2.24, 2.45) is 0 Å². The number of aromatic nitrogens is 2. The molecular weight excluding hydrogens is 294 g/mol. The van der Waals surface area contributed by atoms with Crippen molar-refractivity contribution >= 4 is 33.4 Å². The fraction of sp³-hybridized carbons (Fsp3) is 0.385. The van der Waals surface area contributed by atoms with E-state index in [0.29, 0.717) is 10.2 Å². The van der Waals surface area contributed by atoms with Crippen molar-refractivity contribution in [1.82, 2.24) is 14.5 Å². The number of carboxylic acids is 1. The van der Waals surface area contributed by atoms with Crippen LogP contribution >= 0.6 is 11.3 Å². The first-order valence-electron chi connectivity index (χ1n) is 6.18. The van der Waals surface area contributed by atoms with Gasteiger partial charge in [0.25, 0.3) is 5.56 Å². The Balaban J connectivity index is 2.28. The molecule has 2 aromatic rings. The first-order chi connectivity index (χ1) is 9.75. The number of carbonyl (C=O) groups excluding carboxylic acids is 1. The highest BCUT2D eigenvalue weighted by Gasteiger charge is 2.35. The average Bonchev–Trinajstić information content (AvgIpc) is 2.89. The maximum Gasteiger partial charge on any atom is 0.329 e. The number of fused-ring (bicyclic) bond motifs is 1. The number of thiophene rings is 1. The van der Waals surface area contributed by atoms with Crippen molar-refractivity contribution < 1.29 is 14.7 Å². The van der Waals surface area contributed by atoms with Gasteiger partial charge < -0.3 is 10.0 Å². The molecule has 1 amide bonds. The minimum absolute atomic E-state index is 0.245. The van der Waals surface area contributed by atoms with Crippen molar-refractivity contribution in [3.8, 4) is 0 Å². The second-order valence-electron chi connectivity index (χ2n) is 5.13. The second kappa shape index (κ2) is 5.28. The molecule has 0 fully saturated rings. The summed E-state index contributed by atoms with van der Waals surface area (Å²) in [4.78, 5) is 41.3. The Morgan fingerprint density at radius 1 is 1.48 bits per heavy atom. The predicted molar refractivity (Wildman–Crippen MR) is 78.4 cm³/mol. The summed E-state index contributed by atoms with van der Waals surface area (Å²) in [6.07, 6.45) is 1.31. The van der Waals surface area contributed by atoms with Crippen LogP contribution in [0.25, 0.3) is 10.2 Å². The highest BCUT2D eigenvalue weighted by atomic mass is 32.1. The Kier molecular flexibility index (Phi) is 3.82. The molecular formula is C13H15N3O4S. The summed E-state index contributed by atoms with van der Waals surface area (Å²) in [6.45, 7) is 2.61. The van der Waals surface area contributed by atoms with Crippen molar-refractivity contribution in [2.45, 2.75) is 25.9 Å². The molecule has 0 unspecified atom stereocenters. The van der Waals surface area contributed by atoms with Gasteiger partial charge in [-0.15, -0.1) is 11.3 Å². The smallest absolute Gasteiger partial charge is 0.329 e. The third-order valence-electron chi connectivity index (χ3n) is 3.49. The van der Waals surface area contributed by atoms with Gasteiger partial charge in [-0.05, 0) is 25.3 Å². The fourth-order valence-electron chi connectivity index (χ4n) is 1.71. The molecule has 0 spiro atoms. The standard InChI is InChI=1S/C13H15N3O4S/c1-13(2,12(19)20)15(3)9(17)6-16-7-14-10-8(11(16)18)4-5-21-10/h4-5,7H,6H2,1-3H3,(H,19,20). The minimum atomic E-state index is -1.35. The van der Waals surface area contributed by atoms with Gasteiger partial charge in [-0.1, -0.05) is 0 Å². The second-order valence-corrected chi connectivity index (χ2v) is 6.03. The van der Waals surface area contributed by atoms with Gasteiger partial charge in [-0.2, -0.15) is 0 Å². The van der Waals surface area contributed by atoms with Crippen molar-refractivity contribution in [3.63, 3.8) is 0 Å². The van der Waals surface area contributed by atoms with E-state index in [1.54, 1.807) is 11.4 Å². The highest BCUT2D eigenvalue weighted by Crippen LogP contribution is 2.15. The van der Waals surface area contributed by atoms with Crippen LogP contribution in [-0.4, -0.2) is 44.0 Å². The fourth-order valence-corrected chi connectivity index (χ4v) is 2.44. The molecule has 7 nitrogen and oxygen atoms in total. The Hall–Kier alpha value is -2.22. The molecule has 0 radical (unpaired) electrons. The Morgan fingerprint density at radius 2 is 2.14 bits per heavy atom. The zero-order chi connectivity index (χ0) is 15.8. The van der Waals surface area contributed by atoms with Gasteiger partial charge in [0.15, 0.2) is 0 Å². The molecule has 112 valence electrons. The lowest BCUT2D eigenvalue weighted by Gasteiger charge is -2.31. The largest absolute Gasteiger partial charge is 0.480 e. The molecule has 0 aliphatic rings. The number of rotatable bonds is 4. The molecule has 2 heterocycles. The summed E-state index contributed by atoms with van der Waals surface area (Å²) in [5.74, 6) is -1.59. The zero-order valence-corrected chi connectivity index (χ0v) is 12.7. The van der Waals surface area contributed by atoms with Gasteiger partial charge in [-0.3, -0.25) is 14.2 Å². The monoisotopic (exact) mass is 309 g/mol. The van der Waals surface area contributed by atoms with Gasteiger partial charge in [0, 0.05) is 7.05 Å². The van der Waals surface area contributed by atoms with Gasteiger partial charge in [0.2, 0.25) is 5.91 Å². The molecule has 0 aliphatic carbocycles. The van der Waals surface area contributed by atoms with E-state index in [4.69, 9.17) is 5.11 Å². The molecule has 0 bridgehead atoms. The quantitative estimate of drug-likeness (QED) is 0.901. The lowest BCUT2D eigenvalue weighted by Crippen LogP contribution is -2.52. The summed E-state index contributed by atoms with van der Waals surface area (Å²) in [6, 6.07) is 1.65. The Labute approximate surface area is 124 Å². The number of carboxylic acid groups (broad SMARTS) is 1. The zero-order valence-electron chi connectivity index (χ0n) is 11.9. The van der Waals surface area contributed by atoms with E-state index >= 15 is 0 Å². The summed E-state index contributed by atoms with van der Waals surface area (Å²) >= 11 is 1.35. The molecule has 1 N–H and O–H groups in total. The first kappa shape index (κ1) is 15.2. The maximum atomic E-state index is 12.2. The molecule has 2 aromatic heterocycles. The van der Waals surface area contributed by atoms with Crippen LogP contribution in [0.4, 0.5) is 0 Å². The topological polar surface area (TPSA) is 92.5 Å². The SMILES string of the molecule is CN(C(=O)Cn1cnc2sccc2c1=O)C(C)(C)C(=O)O. The van der Waals surface area contributed by atoms with E-state index in [1.807, 2.05) is 0 Å². The van der Waals surface area contributed by atoms with Crippen LogP contribution in [0, 0.1) is 0 Å². The number of nitrogens with zero attached hydrogens (tertiary/aromatic N) is 3. The van der Waals surface area contributed by atoms with Crippen LogP contribution in [0.3, 0.4) is 0 Å². The average molecular weight is 309 g/mol. The molecule has 0 saturated heterocycles. The third-order valence-corrected chi connectivity index (χ3v) is 4.31. The first-order valence-corrected chi connectivity index (χ1v) is 7.06. The summed E-state index contributed by atoms with van der Waals surface area (Å²) in [5, 5.41) is 11.3. The Bertz CT molecular complexity index is 762. The number of amides is 1. The molecule has 0 aliphatic heterocycles. The van der Waals surface area contributed by atoms with E-state index in [0.717, 1.165) is 4.90 Å². The van der Waals surface area contributed by atoms with Crippen molar-refractivity contribution in [2.75, 3.05) is 7.05 Å². The van der Waals surface area contributed by atoms with Crippen molar-refractivity contribution in [1.29, 1.82) is 0 Å². The van der Waals surface area contributed by atoms with E-state index in [1.165, 1.54) is 43.1 Å². The van der Waals surface area contributed by atoms with E-state index in [2.05, 4.69) is 4.98 Å². The van der Waals surface area contributed by atoms with Crippen LogP contribution in [0.2, 0.25) is 0 Å². The number of carbonyl (C=O) groups is 2. The molecule has 2 rings (SSSR count). The highest BCUT2D eigenvalue weighted by molar-refractivity contribution is 7.16. The molecule has 0 saturated carbocycles. The summed E-state index contributed by atoms with van der Waals surface area (Å²) in [7, 11) is 1.40. The summed E-state index contributed by atoms with van der Waals surface area (Å²) < 4.78 is 1.19. The van der Waals surface area contributed by atoms with Crippen molar-refractivity contribution in [3.05, 3.63) is 28.1 Å². The molecule has 0 aromatic carbocycles. The molecule has 0 atom stereocenters. The lowest BCUT2D eigenvalue weighted by molar-refractivity contribution is -0.155. The van der Waals surface area contributed by atoms with Gasteiger partial charge in [0.1, 0.15) is 16.9 Å². The third kappa shape index (κ3) is 2.66. The number of hydrogen-bond donors (Lipinski definition) is 1. The van der Waals surface area contributed by atoms with Gasteiger partial charge >= 0.3 is 5.97 Å². The van der Waals surface area contributed by atoms with Gasteiger partial charge in [-0.25, -0.2) is 9.78 Å². The van der Waals surface area contributed by atoms with Gasteiger partial charge in [0.05, 0.1) is 11.7 Å². The van der Waals surface area contributed by atoms with E-state index in [-0.39, 0.29) is 12.1 Å². The lowest BCUT2D eigenvalue weighted by atomic mass is 10.0. The normalized spacial score (nSPS) is 11.6. The number of likely N-dealkylation sites (N-methyl/N-ethyl adjacent to an activating group) is 1. The molecule has 21 heavy (non-hydrogen) atoms. The Morgan fingerprint density at radius 3 is 2.76 bits per heavy atom. The minimum Gasteiger partial charge on any atom is -0.480 e. The predicted octanol–water partition coefficient (Wildman–Crippen LogP) is 0.780. The molecule has 8 heteroatoms. The van der Waals surface area contributed by atoms with Crippen LogP contribution in [0.15, 0.2) is 22.6 Å². The van der Waals surface area contributed by atoms with Crippen LogP contribution < -0.4 is 5.56 Å². The summed E-state index contributed by atoms with van der Waals surface area (Å²) in [5.41, 5.74) is -1.66. The number of aliphatic carboxylic acids is 1. The number of hydrogen-bond acceptors (Lipinski definition) is 5. The maximum absolute atomic E-state index is 12.2. The van der Waals surface area contributed by atoms with Crippen LogP contribution in [-0.2, 0) is 16.1 Å².